The Morgan fingerprint density at radius 3 is 2.33 bits per heavy atom. The predicted molar refractivity (Wildman–Crippen MR) is 45.5 cm³/mol. The van der Waals surface area contributed by atoms with Crippen molar-refractivity contribution >= 4 is 5.97 Å². The van der Waals surface area contributed by atoms with Crippen molar-refractivity contribution in [3.8, 4) is 0 Å². The van der Waals surface area contributed by atoms with Crippen LogP contribution < -0.4 is 0 Å². The maximum atomic E-state index is 11.4. The summed E-state index contributed by atoms with van der Waals surface area (Å²) in [5.74, 6) is 1.14. The Morgan fingerprint density at radius 2 is 2.08 bits per heavy atom. The van der Waals surface area contributed by atoms with E-state index in [0.29, 0.717) is 18.4 Å². The van der Waals surface area contributed by atoms with Crippen molar-refractivity contribution in [2.24, 2.45) is 22.7 Å². The standard InChI is InChI=1S/C10H16O2/c1-6(2)7-9(3)5-12-8(11)10(7,9)4/h6-7H,5H2,1-4H3. The molecule has 2 aliphatic rings. The molecule has 0 bridgehead atoms. The van der Waals surface area contributed by atoms with Crippen molar-refractivity contribution < 1.29 is 9.53 Å². The van der Waals surface area contributed by atoms with Crippen molar-refractivity contribution in [2.75, 3.05) is 6.61 Å². The lowest BCUT2D eigenvalue weighted by molar-refractivity contribution is -0.145. The maximum Gasteiger partial charge on any atom is 0.312 e. The SMILES string of the molecule is CC(C)C1C2(C)COC(=O)C12C. The van der Waals surface area contributed by atoms with E-state index < -0.39 is 0 Å². The summed E-state index contributed by atoms with van der Waals surface area (Å²) in [5, 5.41) is 0. The Bertz CT molecular complexity index is 246. The van der Waals surface area contributed by atoms with E-state index in [0.717, 1.165) is 0 Å². The van der Waals surface area contributed by atoms with Crippen LogP contribution in [0.1, 0.15) is 27.7 Å². The number of esters is 1. The highest BCUT2D eigenvalue weighted by atomic mass is 16.5. The molecule has 0 aromatic carbocycles. The molecule has 1 saturated carbocycles. The van der Waals surface area contributed by atoms with E-state index >= 15 is 0 Å². The van der Waals surface area contributed by atoms with Crippen LogP contribution in [0.3, 0.4) is 0 Å². The van der Waals surface area contributed by atoms with Gasteiger partial charge in [0.25, 0.3) is 0 Å². The van der Waals surface area contributed by atoms with Gasteiger partial charge in [-0.05, 0) is 18.8 Å². The Kier molecular flexibility index (Phi) is 1.25. The molecule has 0 N–H and O–H groups in total. The number of hydrogen-bond acceptors (Lipinski definition) is 2. The lowest BCUT2D eigenvalue weighted by Gasteiger charge is -2.12. The van der Waals surface area contributed by atoms with Crippen LogP contribution in [0.25, 0.3) is 0 Å². The lowest BCUT2D eigenvalue weighted by Crippen LogP contribution is -2.16. The van der Waals surface area contributed by atoms with E-state index in [-0.39, 0.29) is 16.8 Å². The summed E-state index contributed by atoms with van der Waals surface area (Å²) in [7, 11) is 0. The van der Waals surface area contributed by atoms with Crippen molar-refractivity contribution in [2.45, 2.75) is 27.7 Å². The molecule has 2 fully saturated rings. The molecular weight excluding hydrogens is 152 g/mol. The van der Waals surface area contributed by atoms with E-state index in [1.807, 2.05) is 6.92 Å². The molecular formula is C10H16O2. The van der Waals surface area contributed by atoms with E-state index in [2.05, 4.69) is 20.8 Å². The molecule has 0 spiro atoms. The zero-order valence-corrected chi connectivity index (χ0v) is 8.18. The average molecular weight is 168 g/mol. The number of hydrogen-bond donors (Lipinski definition) is 0. The first kappa shape index (κ1) is 8.09. The largest absolute Gasteiger partial charge is 0.465 e. The second kappa shape index (κ2) is 1.86. The molecule has 1 heterocycles. The Balaban J connectivity index is 2.32. The molecule has 2 heteroatoms. The van der Waals surface area contributed by atoms with Crippen LogP contribution in [0.4, 0.5) is 0 Å². The monoisotopic (exact) mass is 168 g/mol. The van der Waals surface area contributed by atoms with Gasteiger partial charge in [-0.2, -0.15) is 0 Å². The average Bonchev–Trinajstić information content (AvgIpc) is 2.37. The van der Waals surface area contributed by atoms with Gasteiger partial charge in [0, 0.05) is 5.41 Å². The normalized spacial score (nSPS) is 50.8. The molecule has 3 unspecified atom stereocenters. The summed E-state index contributed by atoms with van der Waals surface area (Å²) >= 11 is 0. The molecule has 1 aliphatic carbocycles. The van der Waals surface area contributed by atoms with Crippen LogP contribution in [0.5, 0.6) is 0 Å². The van der Waals surface area contributed by atoms with Crippen LogP contribution in [-0.4, -0.2) is 12.6 Å². The molecule has 0 aromatic rings. The summed E-state index contributed by atoms with van der Waals surface area (Å²) in [4.78, 5) is 11.4. The summed E-state index contributed by atoms with van der Waals surface area (Å²) in [6.07, 6.45) is 0. The first-order valence-electron chi connectivity index (χ1n) is 4.62. The summed E-state index contributed by atoms with van der Waals surface area (Å²) in [6.45, 7) is 9.22. The van der Waals surface area contributed by atoms with Crippen molar-refractivity contribution in [1.29, 1.82) is 0 Å². The highest BCUT2D eigenvalue weighted by Gasteiger charge is 2.80. The molecule has 0 aromatic heterocycles. The van der Waals surface area contributed by atoms with Gasteiger partial charge in [0.05, 0.1) is 12.0 Å². The second-order valence-electron chi connectivity index (χ2n) is 4.92. The molecule has 2 rings (SSSR count). The van der Waals surface area contributed by atoms with Gasteiger partial charge in [-0.1, -0.05) is 20.8 Å². The Hall–Kier alpha value is -0.530. The minimum absolute atomic E-state index is 0.0173. The minimum Gasteiger partial charge on any atom is -0.465 e. The van der Waals surface area contributed by atoms with E-state index in [4.69, 9.17) is 4.74 Å². The molecule has 12 heavy (non-hydrogen) atoms. The number of cyclic esters (lactones) is 1. The van der Waals surface area contributed by atoms with Gasteiger partial charge in [-0.15, -0.1) is 0 Å². The molecule has 68 valence electrons. The van der Waals surface area contributed by atoms with Gasteiger partial charge in [0.2, 0.25) is 0 Å². The van der Waals surface area contributed by atoms with Gasteiger partial charge in [0.15, 0.2) is 0 Å². The van der Waals surface area contributed by atoms with Gasteiger partial charge >= 0.3 is 5.97 Å². The third-order valence-corrected chi connectivity index (χ3v) is 4.01. The number of rotatable bonds is 1. The van der Waals surface area contributed by atoms with Crippen molar-refractivity contribution in [3.05, 3.63) is 0 Å². The second-order valence-corrected chi connectivity index (χ2v) is 4.92. The van der Waals surface area contributed by atoms with Gasteiger partial charge in [-0.25, -0.2) is 0 Å². The topological polar surface area (TPSA) is 26.3 Å². The summed E-state index contributed by atoms with van der Waals surface area (Å²) in [5.41, 5.74) is -0.0284. The summed E-state index contributed by atoms with van der Waals surface area (Å²) in [6, 6.07) is 0. The first-order valence-corrected chi connectivity index (χ1v) is 4.62. The maximum absolute atomic E-state index is 11.4. The van der Waals surface area contributed by atoms with Crippen LogP contribution in [0.2, 0.25) is 0 Å². The predicted octanol–water partition coefficient (Wildman–Crippen LogP) is 1.84. The minimum atomic E-state index is -0.166. The van der Waals surface area contributed by atoms with E-state index in [1.165, 1.54) is 0 Å². The highest BCUT2D eigenvalue weighted by Crippen LogP contribution is 2.74. The quantitative estimate of drug-likeness (QED) is 0.558. The molecule has 3 atom stereocenters. The smallest absolute Gasteiger partial charge is 0.312 e. The zero-order chi connectivity index (χ0) is 9.15. The third-order valence-electron chi connectivity index (χ3n) is 4.01. The third kappa shape index (κ3) is 0.572. The Labute approximate surface area is 73.3 Å². The molecule has 1 saturated heterocycles. The number of fused-ring (bicyclic) bond motifs is 1. The number of carbonyl (C=O) groups is 1. The number of carbonyl (C=O) groups excluding carboxylic acids is 1. The lowest BCUT2D eigenvalue weighted by atomic mass is 9.99. The highest BCUT2D eigenvalue weighted by molar-refractivity contribution is 5.85. The molecule has 2 nitrogen and oxygen atoms in total. The fourth-order valence-electron chi connectivity index (χ4n) is 3.28. The van der Waals surface area contributed by atoms with E-state index in [9.17, 15) is 4.79 Å². The Morgan fingerprint density at radius 1 is 1.50 bits per heavy atom. The van der Waals surface area contributed by atoms with Crippen molar-refractivity contribution in [1.82, 2.24) is 0 Å². The van der Waals surface area contributed by atoms with Crippen LogP contribution in [0, 0.1) is 22.7 Å². The number of ether oxygens (including phenoxy) is 1. The first-order chi connectivity index (χ1) is 5.44. The van der Waals surface area contributed by atoms with Gasteiger partial charge in [-0.3, -0.25) is 4.79 Å². The van der Waals surface area contributed by atoms with Gasteiger partial charge in [0.1, 0.15) is 0 Å². The zero-order valence-electron chi connectivity index (χ0n) is 8.18. The van der Waals surface area contributed by atoms with Crippen LogP contribution >= 0.6 is 0 Å². The fourth-order valence-corrected chi connectivity index (χ4v) is 3.28. The summed E-state index contributed by atoms with van der Waals surface area (Å²) < 4.78 is 5.06. The molecule has 1 aliphatic heterocycles. The fraction of sp³-hybridized carbons (Fsp3) is 0.900. The van der Waals surface area contributed by atoms with Crippen LogP contribution in [0.15, 0.2) is 0 Å². The molecule has 0 amide bonds. The van der Waals surface area contributed by atoms with Gasteiger partial charge < -0.3 is 4.74 Å². The molecule has 0 radical (unpaired) electrons. The van der Waals surface area contributed by atoms with E-state index in [1.54, 1.807) is 0 Å². The van der Waals surface area contributed by atoms with Crippen LogP contribution in [-0.2, 0) is 9.53 Å². The van der Waals surface area contributed by atoms with Crippen molar-refractivity contribution in [3.63, 3.8) is 0 Å².